The zero-order chi connectivity index (χ0) is 12.0. The molecule has 84 valence electrons. The van der Waals surface area contributed by atoms with Crippen molar-refractivity contribution in [1.82, 2.24) is 0 Å². The van der Waals surface area contributed by atoms with E-state index in [0.29, 0.717) is 5.69 Å². The SMILES string of the molecule is C#CCN=C(Nc1ccccc1)C(F)(F)F. The third-order valence-electron chi connectivity index (χ3n) is 1.63. The smallest absolute Gasteiger partial charge is 0.336 e. The molecule has 0 aromatic heterocycles. The first kappa shape index (κ1) is 12.1. The molecule has 0 atom stereocenters. The lowest BCUT2D eigenvalue weighted by molar-refractivity contribution is -0.0588. The normalized spacial score (nSPS) is 12.0. The number of hydrogen-bond donors (Lipinski definition) is 1. The summed E-state index contributed by atoms with van der Waals surface area (Å²) in [6.07, 6.45) is 0.326. The number of benzene rings is 1. The molecule has 0 aliphatic heterocycles. The highest BCUT2D eigenvalue weighted by molar-refractivity contribution is 5.99. The predicted octanol–water partition coefficient (Wildman–Crippen LogP) is 2.69. The summed E-state index contributed by atoms with van der Waals surface area (Å²) in [7, 11) is 0. The zero-order valence-electron chi connectivity index (χ0n) is 8.25. The number of aliphatic imine (C=N–C) groups is 1. The van der Waals surface area contributed by atoms with Crippen molar-refractivity contribution in [2.75, 3.05) is 11.9 Å². The number of alkyl halides is 3. The molecule has 1 aromatic rings. The van der Waals surface area contributed by atoms with Crippen LogP contribution in [0.1, 0.15) is 0 Å². The van der Waals surface area contributed by atoms with E-state index < -0.39 is 12.0 Å². The van der Waals surface area contributed by atoms with E-state index in [4.69, 9.17) is 6.42 Å². The van der Waals surface area contributed by atoms with Crippen LogP contribution in [0.4, 0.5) is 18.9 Å². The molecule has 0 spiro atoms. The van der Waals surface area contributed by atoms with E-state index >= 15 is 0 Å². The molecule has 0 fully saturated rings. The number of rotatable bonds is 2. The van der Waals surface area contributed by atoms with Gasteiger partial charge in [-0.3, -0.25) is 4.99 Å². The average molecular weight is 226 g/mol. The van der Waals surface area contributed by atoms with E-state index in [0.717, 1.165) is 0 Å². The molecule has 1 N–H and O–H groups in total. The van der Waals surface area contributed by atoms with Crippen molar-refractivity contribution in [3.8, 4) is 12.3 Å². The maximum absolute atomic E-state index is 12.5. The molecule has 0 amide bonds. The average Bonchev–Trinajstić information content (AvgIpc) is 2.24. The summed E-state index contributed by atoms with van der Waals surface area (Å²) in [6, 6.07) is 7.97. The van der Waals surface area contributed by atoms with Crippen LogP contribution in [0.2, 0.25) is 0 Å². The Bertz CT molecular complexity index is 401. The fourth-order valence-electron chi connectivity index (χ4n) is 0.983. The summed E-state index contributed by atoms with van der Waals surface area (Å²) >= 11 is 0. The van der Waals surface area contributed by atoms with E-state index in [2.05, 4.69) is 10.3 Å². The number of anilines is 1. The first-order chi connectivity index (χ1) is 7.54. The van der Waals surface area contributed by atoms with E-state index in [1.54, 1.807) is 18.2 Å². The van der Waals surface area contributed by atoms with Crippen LogP contribution in [0.5, 0.6) is 0 Å². The van der Waals surface area contributed by atoms with Crippen LogP contribution in [-0.2, 0) is 0 Å². The highest BCUT2D eigenvalue weighted by Crippen LogP contribution is 2.19. The highest BCUT2D eigenvalue weighted by Gasteiger charge is 2.35. The molecule has 0 bridgehead atoms. The molecule has 16 heavy (non-hydrogen) atoms. The van der Waals surface area contributed by atoms with E-state index in [-0.39, 0.29) is 6.54 Å². The molecule has 1 aromatic carbocycles. The first-order valence-electron chi connectivity index (χ1n) is 4.41. The lowest BCUT2D eigenvalue weighted by atomic mass is 10.3. The van der Waals surface area contributed by atoms with Gasteiger partial charge in [-0.15, -0.1) is 6.42 Å². The number of halogens is 3. The van der Waals surface area contributed by atoms with E-state index in [1.165, 1.54) is 12.1 Å². The third-order valence-corrected chi connectivity index (χ3v) is 1.63. The number of terminal acetylenes is 1. The molecule has 2 nitrogen and oxygen atoms in total. The van der Waals surface area contributed by atoms with Crippen molar-refractivity contribution < 1.29 is 13.2 Å². The van der Waals surface area contributed by atoms with Gasteiger partial charge < -0.3 is 5.32 Å². The van der Waals surface area contributed by atoms with Crippen LogP contribution in [0, 0.1) is 12.3 Å². The Labute approximate surface area is 91.2 Å². The van der Waals surface area contributed by atoms with Crippen LogP contribution in [0.25, 0.3) is 0 Å². The molecular formula is C11H9F3N2. The standard InChI is InChI=1S/C11H9F3N2/c1-2-8-15-10(11(12,13)14)16-9-6-4-3-5-7-9/h1,3-7H,8H2,(H,15,16). The molecular weight excluding hydrogens is 217 g/mol. The van der Waals surface area contributed by atoms with Crippen LogP contribution >= 0.6 is 0 Å². The zero-order valence-corrected chi connectivity index (χ0v) is 8.25. The number of nitrogens with zero attached hydrogens (tertiary/aromatic N) is 1. The second-order valence-corrected chi connectivity index (χ2v) is 2.86. The number of nitrogens with one attached hydrogen (secondary N) is 1. The van der Waals surface area contributed by atoms with Gasteiger partial charge in [0.2, 0.25) is 5.84 Å². The van der Waals surface area contributed by atoms with Gasteiger partial charge in [0.25, 0.3) is 0 Å². The Morgan fingerprint density at radius 1 is 1.31 bits per heavy atom. The van der Waals surface area contributed by atoms with Crippen LogP contribution in [0.3, 0.4) is 0 Å². The molecule has 0 aliphatic rings. The second-order valence-electron chi connectivity index (χ2n) is 2.86. The van der Waals surface area contributed by atoms with Gasteiger partial charge in [-0.25, -0.2) is 0 Å². The molecule has 0 unspecified atom stereocenters. The Hall–Kier alpha value is -1.96. The van der Waals surface area contributed by atoms with Crippen molar-refractivity contribution in [1.29, 1.82) is 0 Å². The summed E-state index contributed by atoms with van der Waals surface area (Å²) in [5.74, 6) is 0.942. The minimum atomic E-state index is -4.54. The molecule has 0 saturated heterocycles. The van der Waals surface area contributed by atoms with Crippen molar-refractivity contribution in [3.63, 3.8) is 0 Å². The van der Waals surface area contributed by atoms with Gasteiger partial charge in [-0.1, -0.05) is 24.1 Å². The van der Waals surface area contributed by atoms with Crippen molar-refractivity contribution in [3.05, 3.63) is 30.3 Å². The van der Waals surface area contributed by atoms with Gasteiger partial charge >= 0.3 is 6.18 Å². The van der Waals surface area contributed by atoms with E-state index in [1.807, 2.05) is 5.92 Å². The maximum Gasteiger partial charge on any atom is 0.449 e. The van der Waals surface area contributed by atoms with Gasteiger partial charge in [-0.05, 0) is 12.1 Å². The van der Waals surface area contributed by atoms with E-state index in [9.17, 15) is 13.2 Å². The lowest BCUT2D eigenvalue weighted by Crippen LogP contribution is -2.30. The topological polar surface area (TPSA) is 24.4 Å². The second kappa shape index (κ2) is 5.21. The number of hydrogen-bond acceptors (Lipinski definition) is 1. The largest absolute Gasteiger partial charge is 0.449 e. The Morgan fingerprint density at radius 2 is 1.94 bits per heavy atom. The maximum atomic E-state index is 12.5. The predicted molar refractivity (Wildman–Crippen MR) is 57.3 cm³/mol. The molecule has 0 heterocycles. The molecule has 0 aliphatic carbocycles. The Balaban J connectivity index is 2.85. The van der Waals surface area contributed by atoms with Gasteiger partial charge in [0.1, 0.15) is 6.54 Å². The van der Waals surface area contributed by atoms with Gasteiger partial charge in [0, 0.05) is 5.69 Å². The fourth-order valence-corrected chi connectivity index (χ4v) is 0.983. The summed E-state index contributed by atoms with van der Waals surface area (Å²) in [5, 5.41) is 2.18. The van der Waals surface area contributed by atoms with Gasteiger partial charge in [0.15, 0.2) is 0 Å². The van der Waals surface area contributed by atoms with Crippen LogP contribution in [-0.4, -0.2) is 18.6 Å². The minimum absolute atomic E-state index is 0.311. The lowest BCUT2D eigenvalue weighted by Gasteiger charge is -2.12. The van der Waals surface area contributed by atoms with Crippen molar-refractivity contribution in [2.24, 2.45) is 4.99 Å². The van der Waals surface area contributed by atoms with Crippen molar-refractivity contribution >= 4 is 11.5 Å². The fraction of sp³-hybridized carbons (Fsp3) is 0.182. The summed E-state index contributed by atoms with van der Waals surface area (Å²) in [6.45, 7) is -0.311. The monoisotopic (exact) mass is 226 g/mol. The van der Waals surface area contributed by atoms with Gasteiger partial charge in [0.05, 0.1) is 0 Å². The van der Waals surface area contributed by atoms with Crippen molar-refractivity contribution in [2.45, 2.75) is 6.18 Å². The summed E-state index contributed by atoms with van der Waals surface area (Å²) in [5.41, 5.74) is 0.315. The van der Waals surface area contributed by atoms with Crippen LogP contribution in [0.15, 0.2) is 35.3 Å². The molecule has 0 radical (unpaired) electrons. The summed E-state index contributed by atoms with van der Waals surface area (Å²) < 4.78 is 37.4. The Kier molecular flexibility index (Phi) is 3.95. The van der Waals surface area contributed by atoms with Crippen LogP contribution < -0.4 is 5.32 Å². The third kappa shape index (κ3) is 3.65. The minimum Gasteiger partial charge on any atom is -0.336 e. The Morgan fingerprint density at radius 3 is 2.44 bits per heavy atom. The molecule has 0 saturated carbocycles. The molecule has 5 heteroatoms. The highest BCUT2D eigenvalue weighted by atomic mass is 19.4. The summed E-state index contributed by atoms with van der Waals surface area (Å²) in [4.78, 5) is 3.25. The quantitative estimate of drug-likeness (QED) is 0.468. The first-order valence-corrected chi connectivity index (χ1v) is 4.41. The number of para-hydroxylation sites is 1. The number of amidine groups is 1. The van der Waals surface area contributed by atoms with Gasteiger partial charge in [-0.2, -0.15) is 13.2 Å². The molecule has 1 rings (SSSR count).